The molecule has 1 amide bonds. The summed E-state index contributed by atoms with van der Waals surface area (Å²) in [5, 5.41) is 0. The van der Waals surface area contributed by atoms with E-state index in [1.165, 1.54) is 11.1 Å². The number of piperazine rings is 1. The maximum absolute atomic E-state index is 12.8. The number of nitrogens with zero attached hydrogens (tertiary/aromatic N) is 2. The Morgan fingerprint density at radius 3 is 1.73 bits per heavy atom. The third kappa shape index (κ3) is 5.65. The molecule has 33 heavy (non-hydrogen) atoms. The molecule has 0 saturated carbocycles. The lowest BCUT2D eigenvalue weighted by Crippen LogP contribution is -2.51. The number of amides is 1. The van der Waals surface area contributed by atoms with Gasteiger partial charge in [-0.25, -0.2) is 0 Å². The number of ether oxygens (including phenoxy) is 3. The Hall–Kier alpha value is -3.51. The van der Waals surface area contributed by atoms with E-state index >= 15 is 0 Å². The van der Waals surface area contributed by atoms with Crippen LogP contribution in [0.2, 0.25) is 0 Å². The molecule has 1 fully saturated rings. The second kappa shape index (κ2) is 10.9. The SMILES string of the molecule is COc1cc(OC)cc(OCC(=O)N2CCN(C(c3ccccc3)c3ccccc3)CC2)c1. The lowest BCUT2D eigenvalue weighted by Gasteiger charge is -2.39. The highest BCUT2D eigenvalue weighted by atomic mass is 16.5. The molecular weight excluding hydrogens is 416 g/mol. The lowest BCUT2D eigenvalue weighted by molar-refractivity contribution is -0.135. The molecule has 3 aromatic carbocycles. The predicted octanol–water partition coefficient (Wildman–Crippen LogP) is 4.02. The summed E-state index contributed by atoms with van der Waals surface area (Å²) < 4.78 is 16.3. The van der Waals surface area contributed by atoms with Gasteiger partial charge in [0.25, 0.3) is 5.91 Å². The van der Waals surface area contributed by atoms with Crippen LogP contribution in [-0.2, 0) is 4.79 Å². The fourth-order valence-corrected chi connectivity index (χ4v) is 4.22. The molecule has 6 nitrogen and oxygen atoms in total. The summed E-state index contributed by atoms with van der Waals surface area (Å²) in [7, 11) is 3.17. The number of hydrogen-bond donors (Lipinski definition) is 0. The highest BCUT2D eigenvalue weighted by Crippen LogP contribution is 2.30. The van der Waals surface area contributed by atoms with Crippen molar-refractivity contribution < 1.29 is 19.0 Å². The smallest absolute Gasteiger partial charge is 0.260 e. The Kier molecular flexibility index (Phi) is 7.47. The molecule has 0 aromatic heterocycles. The van der Waals surface area contributed by atoms with E-state index in [0.717, 1.165) is 13.1 Å². The van der Waals surface area contributed by atoms with Crippen LogP contribution in [0.15, 0.2) is 78.9 Å². The average molecular weight is 447 g/mol. The van der Waals surface area contributed by atoms with Gasteiger partial charge >= 0.3 is 0 Å². The summed E-state index contributed by atoms with van der Waals surface area (Å²) in [6, 6.07) is 26.5. The first-order valence-electron chi connectivity index (χ1n) is 11.2. The monoisotopic (exact) mass is 446 g/mol. The minimum absolute atomic E-state index is 0.0167. The molecular formula is C27H30N2O4. The molecule has 6 heteroatoms. The van der Waals surface area contributed by atoms with Crippen molar-refractivity contribution in [2.24, 2.45) is 0 Å². The number of carbonyl (C=O) groups is 1. The van der Waals surface area contributed by atoms with Crippen LogP contribution in [0.3, 0.4) is 0 Å². The normalized spacial score (nSPS) is 14.2. The van der Waals surface area contributed by atoms with Crippen molar-refractivity contribution in [3.63, 3.8) is 0 Å². The van der Waals surface area contributed by atoms with Gasteiger partial charge < -0.3 is 19.1 Å². The van der Waals surface area contributed by atoms with Gasteiger partial charge in [-0.05, 0) is 11.1 Å². The van der Waals surface area contributed by atoms with E-state index in [0.29, 0.717) is 30.3 Å². The molecule has 1 heterocycles. The summed E-state index contributed by atoms with van der Waals surface area (Å²) >= 11 is 0. The van der Waals surface area contributed by atoms with Crippen molar-refractivity contribution in [3.05, 3.63) is 90.0 Å². The van der Waals surface area contributed by atoms with Gasteiger partial charge in [-0.2, -0.15) is 0 Å². The van der Waals surface area contributed by atoms with Crippen LogP contribution in [0.5, 0.6) is 17.2 Å². The molecule has 172 valence electrons. The Labute approximate surface area is 195 Å². The van der Waals surface area contributed by atoms with E-state index in [1.807, 2.05) is 17.0 Å². The van der Waals surface area contributed by atoms with E-state index in [2.05, 4.69) is 53.4 Å². The van der Waals surface area contributed by atoms with Gasteiger partial charge in [0.2, 0.25) is 0 Å². The first-order valence-corrected chi connectivity index (χ1v) is 11.2. The van der Waals surface area contributed by atoms with E-state index in [-0.39, 0.29) is 18.6 Å². The third-order valence-electron chi connectivity index (χ3n) is 5.95. The Bertz CT molecular complexity index is 973. The van der Waals surface area contributed by atoms with Crippen LogP contribution in [0.4, 0.5) is 0 Å². The van der Waals surface area contributed by atoms with Crippen molar-refractivity contribution in [2.45, 2.75) is 6.04 Å². The minimum Gasteiger partial charge on any atom is -0.496 e. The number of rotatable bonds is 8. The molecule has 1 saturated heterocycles. The number of carbonyl (C=O) groups excluding carboxylic acids is 1. The van der Waals surface area contributed by atoms with Gasteiger partial charge in [0.15, 0.2) is 6.61 Å². The number of benzene rings is 3. The zero-order valence-electron chi connectivity index (χ0n) is 19.1. The standard InChI is InChI=1S/C27H30N2O4/c1-31-23-17-24(32-2)19-25(18-23)33-20-26(30)28-13-15-29(16-14-28)27(21-9-5-3-6-10-21)22-11-7-4-8-12-22/h3-12,17-19,27H,13-16,20H2,1-2H3. The quantitative estimate of drug-likeness (QED) is 0.523. The van der Waals surface area contributed by atoms with Crippen LogP contribution < -0.4 is 14.2 Å². The lowest BCUT2D eigenvalue weighted by atomic mass is 9.96. The van der Waals surface area contributed by atoms with Gasteiger partial charge in [0.1, 0.15) is 17.2 Å². The summed E-state index contributed by atoms with van der Waals surface area (Å²) in [6.45, 7) is 2.91. The fourth-order valence-electron chi connectivity index (χ4n) is 4.22. The molecule has 0 radical (unpaired) electrons. The van der Waals surface area contributed by atoms with Crippen LogP contribution >= 0.6 is 0 Å². The highest BCUT2D eigenvalue weighted by Gasteiger charge is 2.28. The molecule has 0 atom stereocenters. The van der Waals surface area contributed by atoms with Gasteiger partial charge in [0.05, 0.1) is 20.3 Å². The molecule has 1 aliphatic heterocycles. The van der Waals surface area contributed by atoms with Gasteiger partial charge in [0, 0.05) is 44.4 Å². The van der Waals surface area contributed by atoms with Crippen molar-refractivity contribution in [3.8, 4) is 17.2 Å². The van der Waals surface area contributed by atoms with E-state index in [4.69, 9.17) is 14.2 Å². The molecule has 0 unspecified atom stereocenters. The van der Waals surface area contributed by atoms with Crippen molar-refractivity contribution in [2.75, 3.05) is 47.0 Å². The molecule has 0 bridgehead atoms. The van der Waals surface area contributed by atoms with E-state index in [9.17, 15) is 4.79 Å². The molecule has 0 spiro atoms. The average Bonchev–Trinajstić information content (AvgIpc) is 2.89. The number of methoxy groups -OCH3 is 2. The maximum Gasteiger partial charge on any atom is 0.260 e. The summed E-state index contributed by atoms with van der Waals surface area (Å²) in [6.07, 6.45) is 0. The molecule has 3 aromatic rings. The highest BCUT2D eigenvalue weighted by molar-refractivity contribution is 5.78. The van der Waals surface area contributed by atoms with Gasteiger partial charge in [-0.3, -0.25) is 9.69 Å². The second-order valence-electron chi connectivity index (χ2n) is 7.98. The molecule has 0 aliphatic carbocycles. The predicted molar refractivity (Wildman–Crippen MR) is 128 cm³/mol. The summed E-state index contributed by atoms with van der Waals surface area (Å²) in [5.41, 5.74) is 2.53. The first-order chi connectivity index (χ1) is 16.2. The second-order valence-corrected chi connectivity index (χ2v) is 7.98. The Morgan fingerprint density at radius 1 is 0.758 bits per heavy atom. The third-order valence-corrected chi connectivity index (χ3v) is 5.95. The van der Waals surface area contributed by atoms with Crippen molar-refractivity contribution in [1.29, 1.82) is 0 Å². The zero-order valence-corrected chi connectivity index (χ0v) is 19.1. The Morgan fingerprint density at radius 2 is 1.24 bits per heavy atom. The Balaban J connectivity index is 1.38. The maximum atomic E-state index is 12.8. The topological polar surface area (TPSA) is 51.2 Å². The number of hydrogen-bond acceptors (Lipinski definition) is 5. The van der Waals surface area contributed by atoms with E-state index < -0.39 is 0 Å². The fraction of sp³-hybridized carbons (Fsp3) is 0.296. The first kappa shape index (κ1) is 22.7. The minimum atomic E-state index is -0.0209. The molecule has 4 rings (SSSR count). The summed E-state index contributed by atoms with van der Waals surface area (Å²) in [5.74, 6) is 1.77. The van der Waals surface area contributed by atoms with Crippen LogP contribution in [0, 0.1) is 0 Å². The van der Waals surface area contributed by atoms with Crippen LogP contribution in [0.25, 0.3) is 0 Å². The summed E-state index contributed by atoms with van der Waals surface area (Å²) in [4.78, 5) is 17.1. The van der Waals surface area contributed by atoms with Gasteiger partial charge in [-0.15, -0.1) is 0 Å². The molecule has 0 N–H and O–H groups in total. The van der Waals surface area contributed by atoms with Crippen molar-refractivity contribution in [1.82, 2.24) is 9.80 Å². The van der Waals surface area contributed by atoms with Crippen LogP contribution in [0.1, 0.15) is 17.2 Å². The van der Waals surface area contributed by atoms with Gasteiger partial charge in [-0.1, -0.05) is 60.7 Å². The van der Waals surface area contributed by atoms with Crippen LogP contribution in [-0.4, -0.2) is 62.7 Å². The largest absolute Gasteiger partial charge is 0.496 e. The molecule has 1 aliphatic rings. The van der Waals surface area contributed by atoms with E-state index in [1.54, 1.807) is 32.4 Å². The van der Waals surface area contributed by atoms with Crippen molar-refractivity contribution >= 4 is 5.91 Å². The zero-order chi connectivity index (χ0) is 23.0.